The molecule has 31 heavy (non-hydrogen) atoms. The van der Waals surface area contributed by atoms with E-state index in [1.807, 2.05) is 0 Å². The second kappa shape index (κ2) is 9.18. The predicted molar refractivity (Wildman–Crippen MR) is 114 cm³/mol. The molecule has 2 heterocycles. The number of likely N-dealkylation sites (N-methyl/N-ethyl adjacent to an activating group) is 1. The van der Waals surface area contributed by atoms with Crippen LogP contribution in [-0.2, 0) is 22.4 Å². The fourth-order valence-electron chi connectivity index (χ4n) is 4.37. The van der Waals surface area contributed by atoms with Gasteiger partial charge in [0.2, 0.25) is 0 Å². The Morgan fingerprint density at radius 1 is 1.10 bits per heavy atom. The normalized spacial score (nSPS) is 17.8. The lowest BCUT2D eigenvalue weighted by Gasteiger charge is -2.35. The minimum atomic E-state index is -0.865. The molecule has 1 atom stereocenters. The van der Waals surface area contributed by atoms with Crippen molar-refractivity contribution in [3.63, 3.8) is 0 Å². The van der Waals surface area contributed by atoms with Gasteiger partial charge in [-0.25, -0.2) is 13.9 Å². The molecule has 1 aromatic heterocycles. The van der Waals surface area contributed by atoms with Crippen molar-refractivity contribution in [2.24, 2.45) is 0 Å². The van der Waals surface area contributed by atoms with Crippen LogP contribution in [0, 0.1) is 5.82 Å². The van der Waals surface area contributed by atoms with Gasteiger partial charge in [0.25, 0.3) is 5.91 Å². The summed E-state index contributed by atoms with van der Waals surface area (Å²) in [6.45, 7) is 7.64. The minimum Gasteiger partial charge on any atom is -0.448 e. The Balaban J connectivity index is 1.50. The number of halogens is 1. The number of amides is 1. The molecule has 1 aromatic carbocycles. The first-order valence-electron chi connectivity index (χ1n) is 11.1. The van der Waals surface area contributed by atoms with Crippen molar-refractivity contribution in [3.05, 3.63) is 47.0 Å². The van der Waals surface area contributed by atoms with Crippen LogP contribution in [0.2, 0.25) is 0 Å². The van der Waals surface area contributed by atoms with E-state index in [-0.39, 0.29) is 17.4 Å². The van der Waals surface area contributed by atoms with Crippen LogP contribution in [0.5, 0.6) is 0 Å². The highest BCUT2D eigenvalue weighted by Crippen LogP contribution is 2.28. The molecule has 1 fully saturated rings. The molecular weight excluding hydrogens is 399 g/mol. The summed E-state index contributed by atoms with van der Waals surface area (Å²) in [6, 6.07) is 6.05. The van der Waals surface area contributed by atoms with E-state index in [2.05, 4.69) is 16.9 Å². The highest BCUT2D eigenvalue weighted by Gasteiger charge is 2.31. The van der Waals surface area contributed by atoms with Crippen LogP contribution in [0.15, 0.2) is 24.3 Å². The Bertz CT molecular complexity index is 948. The average molecular weight is 429 g/mol. The van der Waals surface area contributed by atoms with Crippen molar-refractivity contribution in [1.29, 1.82) is 0 Å². The standard InChI is InChI=1S/C23H29FN4O3/c1-3-26-12-14-27(15-13-26)22(29)16(2)31-23(30)21-19-6-4-5-7-20(19)28(25-21)18-10-8-17(24)9-11-18/h8-11,16H,3-7,12-15H2,1-2H3/t16-/m1/s1. The van der Waals surface area contributed by atoms with Crippen molar-refractivity contribution in [2.45, 2.75) is 45.6 Å². The molecule has 0 spiro atoms. The number of carbonyl (C=O) groups excluding carboxylic acids is 2. The van der Waals surface area contributed by atoms with Crippen molar-refractivity contribution in [2.75, 3.05) is 32.7 Å². The first-order valence-corrected chi connectivity index (χ1v) is 11.1. The molecule has 4 rings (SSSR count). The Kier molecular flexibility index (Phi) is 6.36. The number of hydrogen-bond donors (Lipinski definition) is 0. The van der Waals surface area contributed by atoms with E-state index in [1.54, 1.807) is 28.6 Å². The van der Waals surface area contributed by atoms with Crippen LogP contribution in [0.1, 0.15) is 48.4 Å². The molecular formula is C23H29FN4O3. The van der Waals surface area contributed by atoms with E-state index in [4.69, 9.17) is 4.74 Å². The van der Waals surface area contributed by atoms with Gasteiger partial charge < -0.3 is 14.5 Å². The van der Waals surface area contributed by atoms with Crippen molar-refractivity contribution in [1.82, 2.24) is 19.6 Å². The largest absolute Gasteiger partial charge is 0.448 e. The molecule has 0 N–H and O–H groups in total. The van der Waals surface area contributed by atoms with Gasteiger partial charge >= 0.3 is 5.97 Å². The topological polar surface area (TPSA) is 67.7 Å². The Hall–Kier alpha value is -2.74. The van der Waals surface area contributed by atoms with Gasteiger partial charge in [0.15, 0.2) is 11.8 Å². The number of esters is 1. The van der Waals surface area contributed by atoms with Gasteiger partial charge in [-0.15, -0.1) is 0 Å². The third kappa shape index (κ3) is 4.49. The highest BCUT2D eigenvalue weighted by atomic mass is 19.1. The number of carbonyl (C=O) groups is 2. The first-order chi connectivity index (χ1) is 15.0. The number of hydrogen-bond acceptors (Lipinski definition) is 5. The molecule has 0 saturated carbocycles. The van der Waals surface area contributed by atoms with Gasteiger partial charge in [0.05, 0.1) is 5.69 Å². The van der Waals surface area contributed by atoms with Crippen molar-refractivity contribution >= 4 is 11.9 Å². The van der Waals surface area contributed by atoms with E-state index in [1.165, 1.54) is 12.1 Å². The molecule has 0 bridgehead atoms. The SMILES string of the molecule is CCN1CCN(C(=O)[C@@H](C)OC(=O)c2nn(-c3ccc(F)cc3)c3c2CCCC3)CC1. The third-order valence-corrected chi connectivity index (χ3v) is 6.21. The molecule has 166 valence electrons. The second-order valence-electron chi connectivity index (χ2n) is 8.18. The summed E-state index contributed by atoms with van der Waals surface area (Å²) < 4.78 is 20.6. The van der Waals surface area contributed by atoms with Crippen LogP contribution in [-0.4, -0.2) is 70.3 Å². The Morgan fingerprint density at radius 2 is 1.77 bits per heavy atom. The maximum Gasteiger partial charge on any atom is 0.359 e. The molecule has 2 aromatic rings. The number of piperazine rings is 1. The number of rotatable bonds is 5. The third-order valence-electron chi connectivity index (χ3n) is 6.21. The number of ether oxygens (including phenoxy) is 1. The molecule has 1 saturated heterocycles. The van der Waals surface area contributed by atoms with E-state index >= 15 is 0 Å². The van der Waals surface area contributed by atoms with Gasteiger partial charge in [0.1, 0.15) is 5.82 Å². The predicted octanol–water partition coefficient (Wildman–Crippen LogP) is 2.60. The highest BCUT2D eigenvalue weighted by molar-refractivity contribution is 5.92. The van der Waals surface area contributed by atoms with E-state index in [0.717, 1.165) is 56.6 Å². The van der Waals surface area contributed by atoms with E-state index in [0.29, 0.717) is 18.8 Å². The smallest absolute Gasteiger partial charge is 0.359 e. The van der Waals surface area contributed by atoms with Gasteiger partial charge in [0, 0.05) is 37.4 Å². The molecule has 7 nitrogen and oxygen atoms in total. The van der Waals surface area contributed by atoms with E-state index in [9.17, 15) is 14.0 Å². The Labute approximate surface area is 181 Å². The van der Waals surface area contributed by atoms with Crippen LogP contribution in [0.4, 0.5) is 4.39 Å². The summed E-state index contributed by atoms with van der Waals surface area (Å²) in [5, 5.41) is 4.53. The maximum absolute atomic E-state index is 13.3. The molecule has 1 aliphatic heterocycles. The molecule has 2 aliphatic rings. The zero-order chi connectivity index (χ0) is 22.0. The number of fused-ring (bicyclic) bond motifs is 1. The van der Waals surface area contributed by atoms with Crippen LogP contribution < -0.4 is 0 Å². The monoisotopic (exact) mass is 428 g/mol. The lowest BCUT2D eigenvalue weighted by atomic mass is 9.95. The summed E-state index contributed by atoms with van der Waals surface area (Å²) in [5.74, 6) is -1.07. The van der Waals surface area contributed by atoms with Crippen LogP contribution in [0.3, 0.4) is 0 Å². The quantitative estimate of drug-likeness (QED) is 0.685. The number of benzene rings is 1. The van der Waals surface area contributed by atoms with Crippen LogP contribution in [0.25, 0.3) is 5.69 Å². The molecule has 1 aliphatic carbocycles. The summed E-state index contributed by atoms with van der Waals surface area (Å²) in [6.07, 6.45) is 2.65. The van der Waals surface area contributed by atoms with E-state index < -0.39 is 12.1 Å². The fourth-order valence-corrected chi connectivity index (χ4v) is 4.37. The molecule has 8 heteroatoms. The summed E-state index contributed by atoms with van der Waals surface area (Å²) in [4.78, 5) is 29.8. The lowest BCUT2D eigenvalue weighted by molar-refractivity contribution is -0.141. The Morgan fingerprint density at radius 3 is 2.45 bits per heavy atom. The van der Waals surface area contributed by atoms with Gasteiger partial charge in [-0.3, -0.25) is 4.79 Å². The molecule has 1 amide bonds. The van der Waals surface area contributed by atoms with Gasteiger partial charge in [-0.1, -0.05) is 6.92 Å². The zero-order valence-electron chi connectivity index (χ0n) is 18.1. The second-order valence-corrected chi connectivity index (χ2v) is 8.18. The summed E-state index contributed by atoms with van der Waals surface area (Å²) in [5.41, 5.74) is 2.79. The summed E-state index contributed by atoms with van der Waals surface area (Å²) >= 11 is 0. The average Bonchev–Trinajstić information content (AvgIpc) is 3.19. The summed E-state index contributed by atoms with van der Waals surface area (Å²) in [7, 11) is 0. The van der Waals surface area contributed by atoms with Crippen LogP contribution >= 0.6 is 0 Å². The van der Waals surface area contributed by atoms with Crippen molar-refractivity contribution in [3.8, 4) is 5.69 Å². The van der Waals surface area contributed by atoms with Gasteiger partial charge in [-0.05, 0) is 63.4 Å². The fraction of sp³-hybridized carbons (Fsp3) is 0.522. The molecule has 0 radical (unpaired) electrons. The van der Waals surface area contributed by atoms with Gasteiger partial charge in [-0.2, -0.15) is 5.10 Å². The number of aromatic nitrogens is 2. The minimum absolute atomic E-state index is 0.170. The maximum atomic E-state index is 13.3. The zero-order valence-corrected chi connectivity index (χ0v) is 18.1. The lowest BCUT2D eigenvalue weighted by Crippen LogP contribution is -2.51. The van der Waals surface area contributed by atoms with Crippen molar-refractivity contribution < 1.29 is 18.7 Å². The molecule has 0 unspecified atom stereocenters. The number of nitrogens with zero attached hydrogens (tertiary/aromatic N) is 4. The first kappa shape index (κ1) is 21.5.